The molecule has 6 aromatic rings. The van der Waals surface area contributed by atoms with Gasteiger partial charge in [0.05, 0.1) is 29.1 Å². The first kappa shape index (κ1) is 34.0. The number of H-pyrrole nitrogens is 1. The number of aryl methyl sites for hydroxylation is 1. The molecule has 0 fully saturated rings. The zero-order valence-corrected chi connectivity index (χ0v) is 29.2. The molecular weight excluding hydrogens is 654 g/mol. The van der Waals surface area contributed by atoms with Gasteiger partial charge in [0.25, 0.3) is 0 Å². The van der Waals surface area contributed by atoms with Gasteiger partial charge in [-0.2, -0.15) is 9.49 Å². The predicted octanol–water partition coefficient (Wildman–Crippen LogP) is 7.49. The van der Waals surface area contributed by atoms with Crippen molar-refractivity contribution in [1.82, 2.24) is 39.7 Å². The van der Waals surface area contributed by atoms with Crippen LogP contribution in [0.1, 0.15) is 81.6 Å². The summed E-state index contributed by atoms with van der Waals surface area (Å²) in [4.78, 5) is 24.1. The Hall–Kier alpha value is -5.46. The molecule has 11 nitrogen and oxygen atoms in total. The summed E-state index contributed by atoms with van der Waals surface area (Å²) in [6, 6.07) is 12.9. The number of benzene rings is 2. The molecule has 1 aliphatic rings. The van der Waals surface area contributed by atoms with Gasteiger partial charge >= 0.3 is 5.97 Å². The minimum atomic E-state index is -1.12. The summed E-state index contributed by atoms with van der Waals surface area (Å²) in [5, 5.41) is 23.8. The number of ether oxygens (including phenoxy) is 1. The molecule has 0 aliphatic carbocycles. The molecule has 13 heteroatoms. The summed E-state index contributed by atoms with van der Waals surface area (Å²) < 4.78 is 40.7. The number of carboxylic acids is 1. The highest BCUT2D eigenvalue weighted by Gasteiger charge is 2.35. The lowest BCUT2D eigenvalue weighted by Crippen LogP contribution is -2.26. The van der Waals surface area contributed by atoms with Crippen LogP contribution < -0.4 is 4.74 Å². The SMILES string of the molecule is C[C@@H](Cc1cccc([C@@]2(C)CCCCC(C)(C)c3cn(nn3)Cc3c(c(F)c(F)c4[nH]ccc34)Oc3ccnc(c3)-c3nc2nn3C)c1)C(=O)O. The number of aromatic amines is 1. The number of nitrogens with zero attached hydrogens (tertiary/aromatic N) is 7. The van der Waals surface area contributed by atoms with Gasteiger partial charge in [-0.3, -0.25) is 9.78 Å². The van der Waals surface area contributed by atoms with Crippen molar-refractivity contribution >= 4 is 16.9 Å². The van der Waals surface area contributed by atoms with Crippen LogP contribution in [-0.2, 0) is 35.6 Å². The Bertz CT molecular complexity index is 2260. The molecule has 2 aromatic carbocycles. The van der Waals surface area contributed by atoms with Crippen molar-refractivity contribution in [3.8, 4) is 23.0 Å². The minimum Gasteiger partial charge on any atom is -0.481 e. The lowest BCUT2D eigenvalue weighted by molar-refractivity contribution is -0.141. The third-order valence-electron chi connectivity index (χ3n) is 10.2. The zero-order valence-electron chi connectivity index (χ0n) is 29.2. The number of carboxylic acid groups (broad SMARTS) is 1. The number of rotatable bonds is 4. The van der Waals surface area contributed by atoms with Gasteiger partial charge in [0, 0.05) is 48.1 Å². The van der Waals surface area contributed by atoms with E-state index in [9.17, 15) is 9.90 Å². The fourth-order valence-corrected chi connectivity index (χ4v) is 6.98. The first-order valence-corrected chi connectivity index (χ1v) is 17.1. The maximum Gasteiger partial charge on any atom is 0.306 e. The monoisotopic (exact) mass is 694 g/mol. The second-order valence-electron chi connectivity index (χ2n) is 14.4. The Balaban J connectivity index is 1.36. The van der Waals surface area contributed by atoms with E-state index < -0.39 is 28.9 Å². The fraction of sp³-hybridized carbons (Fsp3) is 0.368. The topological polar surface area (TPSA) is 137 Å². The van der Waals surface area contributed by atoms with E-state index in [0.29, 0.717) is 34.7 Å². The maximum absolute atomic E-state index is 15.8. The smallest absolute Gasteiger partial charge is 0.306 e. The average molecular weight is 695 g/mol. The number of carbonyl (C=O) groups is 1. The number of fused-ring (bicyclic) bond motifs is 10. The molecule has 2 atom stereocenters. The van der Waals surface area contributed by atoms with Crippen LogP contribution in [0.15, 0.2) is 61.1 Å². The van der Waals surface area contributed by atoms with Crippen LogP contribution in [0, 0.1) is 17.6 Å². The average Bonchev–Trinajstić information content (AvgIpc) is 3.88. The van der Waals surface area contributed by atoms with Gasteiger partial charge in [0.15, 0.2) is 23.2 Å². The fourth-order valence-electron chi connectivity index (χ4n) is 6.98. The zero-order chi connectivity index (χ0) is 36.1. The Morgan fingerprint density at radius 2 is 1.90 bits per heavy atom. The molecule has 0 spiro atoms. The van der Waals surface area contributed by atoms with Crippen molar-refractivity contribution in [3.63, 3.8) is 0 Å². The predicted molar refractivity (Wildman–Crippen MR) is 187 cm³/mol. The van der Waals surface area contributed by atoms with Gasteiger partial charge < -0.3 is 14.8 Å². The van der Waals surface area contributed by atoms with Crippen LogP contribution in [0.3, 0.4) is 0 Å². The van der Waals surface area contributed by atoms with Gasteiger partial charge in [-0.1, -0.05) is 63.1 Å². The number of pyridine rings is 1. The van der Waals surface area contributed by atoms with E-state index in [1.807, 2.05) is 24.4 Å². The van der Waals surface area contributed by atoms with Crippen molar-refractivity contribution in [2.75, 3.05) is 0 Å². The van der Waals surface area contributed by atoms with Gasteiger partial charge in [-0.05, 0) is 49.4 Å². The highest BCUT2D eigenvalue weighted by Crippen LogP contribution is 2.40. The second-order valence-corrected chi connectivity index (χ2v) is 14.4. The summed E-state index contributed by atoms with van der Waals surface area (Å²) in [6.07, 6.45) is 8.61. The third kappa shape index (κ3) is 6.36. The molecule has 264 valence electrons. The largest absolute Gasteiger partial charge is 0.481 e. The van der Waals surface area contributed by atoms with Crippen molar-refractivity contribution < 1.29 is 23.4 Å². The maximum atomic E-state index is 15.8. The molecule has 0 amide bonds. The number of halogens is 2. The van der Waals surface area contributed by atoms with E-state index in [2.05, 4.69) is 47.1 Å². The Kier molecular flexibility index (Phi) is 8.68. The highest BCUT2D eigenvalue weighted by molar-refractivity contribution is 5.86. The molecule has 4 aromatic heterocycles. The summed E-state index contributed by atoms with van der Waals surface area (Å²) in [7, 11) is 1.79. The molecule has 6 bridgehead atoms. The van der Waals surface area contributed by atoms with Crippen LogP contribution in [0.2, 0.25) is 0 Å². The van der Waals surface area contributed by atoms with E-state index >= 15 is 8.78 Å². The van der Waals surface area contributed by atoms with Crippen molar-refractivity contribution in [3.05, 3.63) is 101 Å². The molecule has 7 rings (SSSR count). The molecule has 5 heterocycles. The van der Waals surface area contributed by atoms with Crippen LogP contribution >= 0.6 is 0 Å². The Morgan fingerprint density at radius 3 is 2.71 bits per heavy atom. The van der Waals surface area contributed by atoms with E-state index in [0.717, 1.165) is 42.5 Å². The third-order valence-corrected chi connectivity index (χ3v) is 10.2. The lowest BCUT2D eigenvalue weighted by atomic mass is 9.75. The van der Waals surface area contributed by atoms with Crippen molar-refractivity contribution in [2.24, 2.45) is 13.0 Å². The highest BCUT2D eigenvalue weighted by atomic mass is 19.2. The van der Waals surface area contributed by atoms with E-state index in [-0.39, 0.29) is 29.0 Å². The second kappa shape index (κ2) is 13.0. The van der Waals surface area contributed by atoms with Gasteiger partial charge in [-0.25, -0.2) is 18.7 Å². The van der Waals surface area contributed by atoms with Crippen LogP contribution in [0.25, 0.3) is 22.4 Å². The van der Waals surface area contributed by atoms with Crippen LogP contribution in [0.4, 0.5) is 8.78 Å². The Labute approximate surface area is 293 Å². The molecule has 0 saturated carbocycles. The van der Waals surface area contributed by atoms with E-state index in [1.165, 1.54) is 6.20 Å². The van der Waals surface area contributed by atoms with Crippen LogP contribution in [-0.4, -0.2) is 50.8 Å². The van der Waals surface area contributed by atoms with Gasteiger partial charge in [-0.15, -0.1) is 5.10 Å². The first-order chi connectivity index (χ1) is 24.3. The number of nitrogens with one attached hydrogen (secondary N) is 1. The summed E-state index contributed by atoms with van der Waals surface area (Å²) in [5.41, 5.74) is 2.62. The number of aromatic nitrogens is 8. The number of aliphatic carboxylic acids is 1. The molecular formula is C38H40F2N8O3. The summed E-state index contributed by atoms with van der Waals surface area (Å²) >= 11 is 0. The summed E-state index contributed by atoms with van der Waals surface area (Å²) in [6.45, 7) is 8.17. The van der Waals surface area contributed by atoms with Gasteiger partial charge in [0.2, 0.25) is 5.82 Å². The summed E-state index contributed by atoms with van der Waals surface area (Å²) in [5.74, 6) is -2.50. The van der Waals surface area contributed by atoms with Crippen LogP contribution in [0.5, 0.6) is 11.5 Å². The normalized spacial score (nSPS) is 18.3. The quantitative estimate of drug-likeness (QED) is 0.194. The standard InChI is InChI=1S/C38H40F2N8O3/c1-22(35(49)50)17-23-9-8-10-24(18-23)38(4)14-7-6-13-37(2,3)29-21-48(46-44-29)20-27-26-12-16-42-32(26)30(39)31(40)33(27)51-25-11-15-41-28(19-25)34-43-36(38)45-47(34)5/h8-12,15-16,18-19,21-22,42H,6-7,13-14,17,20H2,1-5H3,(H,49,50)/t22-,38+/m0/s1. The molecule has 51 heavy (non-hydrogen) atoms. The first-order valence-electron chi connectivity index (χ1n) is 17.1. The number of hydrogen-bond acceptors (Lipinski definition) is 7. The number of hydrogen-bond donors (Lipinski definition) is 2. The van der Waals surface area contributed by atoms with Gasteiger partial charge in [0.1, 0.15) is 11.4 Å². The Morgan fingerprint density at radius 1 is 1.10 bits per heavy atom. The molecule has 0 unspecified atom stereocenters. The molecule has 1 aliphatic heterocycles. The van der Waals surface area contributed by atoms with Crippen molar-refractivity contribution in [2.45, 2.75) is 77.2 Å². The van der Waals surface area contributed by atoms with Crippen molar-refractivity contribution in [1.29, 1.82) is 0 Å². The van der Waals surface area contributed by atoms with E-state index in [4.69, 9.17) is 14.8 Å². The molecule has 2 N–H and O–H groups in total. The lowest BCUT2D eigenvalue weighted by Gasteiger charge is -2.29. The van der Waals surface area contributed by atoms with E-state index in [1.54, 1.807) is 47.7 Å². The molecule has 0 radical (unpaired) electrons. The molecule has 0 saturated heterocycles. The minimum absolute atomic E-state index is 0.0425.